The van der Waals surface area contributed by atoms with Gasteiger partial charge in [-0.2, -0.15) is 5.26 Å². The average Bonchev–Trinajstić information content (AvgIpc) is 2.72. The summed E-state index contributed by atoms with van der Waals surface area (Å²) in [7, 11) is 0. The molecule has 0 saturated carbocycles. The first-order valence-corrected chi connectivity index (χ1v) is 9.13. The fourth-order valence-corrected chi connectivity index (χ4v) is 2.77. The van der Waals surface area contributed by atoms with Crippen LogP contribution in [0.5, 0.6) is 5.75 Å². The van der Waals surface area contributed by atoms with Crippen LogP contribution < -0.4 is 15.5 Å². The third kappa shape index (κ3) is 4.38. The van der Waals surface area contributed by atoms with Gasteiger partial charge in [0.2, 0.25) is 5.76 Å². The van der Waals surface area contributed by atoms with Crippen LogP contribution in [-0.4, -0.2) is 12.5 Å². The van der Waals surface area contributed by atoms with Crippen LogP contribution in [0, 0.1) is 11.3 Å². The molecule has 0 spiro atoms. The molecular weight excluding hydrogens is 356 g/mol. The minimum absolute atomic E-state index is 0.108. The molecule has 0 saturated heterocycles. The molecule has 0 radical (unpaired) electrons. The van der Waals surface area contributed by atoms with Crippen LogP contribution >= 0.6 is 0 Å². The number of hydrogen-bond donors (Lipinski definition) is 1. The highest BCUT2D eigenvalue weighted by molar-refractivity contribution is 6.07. The van der Waals surface area contributed by atoms with Gasteiger partial charge in [-0.05, 0) is 42.8 Å². The molecule has 0 aliphatic carbocycles. The maximum absolute atomic E-state index is 12.6. The van der Waals surface area contributed by atoms with Crippen molar-refractivity contribution >= 4 is 22.6 Å². The second-order valence-corrected chi connectivity index (χ2v) is 6.30. The molecule has 0 atom stereocenters. The van der Waals surface area contributed by atoms with Crippen LogP contribution in [0.1, 0.15) is 42.3 Å². The zero-order valence-corrected chi connectivity index (χ0v) is 15.5. The summed E-state index contributed by atoms with van der Waals surface area (Å²) in [6.07, 6.45) is 3.25. The second-order valence-electron chi connectivity index (χ2n) is 6.30. The smallest absolute Gasteiger partial charge is 0.255 e. The van der Waals surface area contributed by atoms with E-state index < -0.39 is 0 Å². The molecule has 0 aliphatic heterocycles. The van der Waals surface area contributed by atoms with Gasteiger partial charge in [-0.15, -0.1) is 0 Å². The maximum Gasteiger partial charge on any atom is 0.255 e. The Labute approximate surface area is 162 Å². The summed E-state index contributed by atoms with van der Waals surface area (Å²) in [6, 6.07) is 14.6. The molecule has 6 heteroatoms. The molecule has 28 heavy (non-hydrogen) atoms. The number of unbranched alkanes of at least 4 members (excludes halogenated alkanes) is 2. The van der Waals surface area contributed by atoms with Crippen molar-refractivity contribution in [1.82, 2.24) is 0 Å². The number of rotatable bonds is 7. The number of benzene rings is 2. The highest BCUT2D eigenvalue weighted by atomic mass is 16.5. The normalized spacial score (nSPS) is 10.4. The van der Waals surface area contributed by atoms with Gasteiger partial charge in [0.15, 0.2) is 11.0 Å². The maximum atomic E-state index is 12.6. The summed E-state index contributed by atoms with van der Waals surface area (Å²) >= 11 is 0. The van der Waals surface area contributed by atoms with Crippen LogP contribution in [0.15, 0.2) is 57.7 Å². The summed E-state index contributed by atoms with van der Waals surface area (Å²) < 4.78 is 11.1. The number of fused-ring (bicyclic) bond motifs is 1. The summed E-state index contributed by atoms with van der Waals surface area (Å²) in [6.45, 7) is 2.78. The van der Waals surface area contributed by atoms with E-state index in [4.69, 9.17) is 14.4 Å². The van der Waals surface area contributed by atoms with Crippen LogP contribution in [0.2, 0.25) is 0 Å². The zero-order chi connectivity index (χ0) is 19.9. The first-order chi connectivity index (χ1) is 13.6. The third-order valence-electron chi connectivity index (χ3n) is 4.25. The summed E-state index contributed by atoms with van der Waals surface area (Å²) in [5.74, 6) is 0.251. The number of carbonyl (C=O) groups is 1. The van der Waals surface area contributed by atoms with Crippen molar-refractivity contribution in [2.45, 2.75) is 26.2 Å². The van der Waals surface area contributed by atoms with Gasteiger partial charge < -0.3 is 14.5 Å². The Hall–Kier alpha value is -3.59. The van der Waals surface area contributed by atoms with E-state index in [0.717, 1.165) is 25.3 Å². The SMILES string of the molecule is CCCCCOc1ccc(C(=O)Nc2cccc3c(=O)cc(C#N)oc23)cc1. The average molecular weight is 376 g/mol. The van der Waals surface area contributed by atoms with Gasteiger partial charge in [0, 0.05) is 11.6 Å². The highest BCUT2D eigenvalue weighted by Gasteiger charge is 2.13. The highest BCUT2D eigenvalue weighted by Crippen LogP contribution is 2.23. The molecule has 142 valence electrons. The molecular formula is C22H20N2O4. The predicted octanol–water partition coefficient (Wildman–Crippen LogP) is 4.49. The molecule has 0 unspecified atom stereocenters. The summed E-state index contributed by atoms with van der Waals surface area (Å²) in [5, 5.41) is 12.0. The molecule has 3 rings (SSSR count). The van der Waals surface area contributed by atoms with E-state index in [9.17, 15) is 9.59 Å². The van der Waals surface area contributed by atoms with Crippen molar-refractivity contribution in [3.63, 3.8) is 0 Å². The number of carbonyl (C=O) groups excluding carboxylic acids is 1. The van der Waals surface area contributed by atoms with Crippen molar-refractivity contribution in [3.8, 4) is 11.8 Å². The Balaban J connectivity index is 1.77. The number of nitrogens with zero attached hydrogens (tertiary/aromatic N) is 1. The molecule has 1 aromatic heterocycles. The Bertz CT molecular complexity index is 1080. The topological polar surface area (TPSA) is 92.3 Å². The summed E-state index contributed by atoms with van der Waals surface area (Å²) in [4.78, 5) is 24.7. The molecule has 0 fully saturated rings. The van der Waals surface area contributed by atoms with E-state index in [1.54, 1.807) is 42.5 Å². The lowest BCUT2D eigenvalue weighted by atomic mass is 10.1. The standard InChI is InChI=1S/C22H20N2O4/c1-2-3-4-12-27-16-10-8-15(9-11-16)22(26)24-19-7-5-6-18-20(25)13-17(14-23)28-21(18)19/h5-11,13H,2-4,12H2,1H3,(H,24,26). The lowest BCUT2D eigenvalue weighted by molar-refractivity contribution is 0.102. The van der Waals surface area contributed by atoms with E-state index >= 15 is 0 Å². The van der Waals surface area contributed by atoms with Gasteiger partial charge >= 0.3 is 0 Å². The quantitative estimate of drug-likeness (QED) is 0.614. The number of nitriles is 1. The lowest BCUT2D eigenvalue weighted by Crippen LogP contribution is -2.13. The van der Waals surface area contributed by atoms with E-state index in [1.807, 2.05) is 6.07 Å². The van der Waals surface area contributed by atoms with Crippen molar-refractivity contribution in [3.05, 3.63) is 70.1 Å². The van der Waals surface area contributed by atoms with Crippen LogP contribution in [-0.2, 0) is 0 Å². The largest absolute Gasteiger partial charge is 0.494 e. The number of nitrogens with one attached hydrogen (secondary N) is 1. The van der Waals surface area contributed by atoms with Crippen molar-refractivity contribution in [2.24, 2.45) is 0 Å². The predicted molar refractivity (Wildman–Crippen MR) is 107 cm³/mol. The molecule has 0 aliphatic rings. The minimum atomic E-state index is -0.352. The molecule has 3 aromatic rings. The molecule has 0 bridgehead atoms. The van der Waals surface area contributed by atoms with Gasteiger partial charge in [0.05, 0.1) is 17.7 Å². The third-order valence-corrected chi connectivity index (χ3v) is 4.25. The van der Waals surface area contributed by atoms with Crippen LogP contribution in [0.25, 0.3) is 11.0 Å². The van der Waals surface area contributed by atoms with E-state index in [-0.39, 0.29) is 22.7 Å². The second kappa shape index (κ2) is 8.87. The zero-order valence-electron chi connectivity index (χ0n) is 15.5. The lowest BCUT2D eigenvalue weighted by Gasteiger charge is -2.09. The van der Waals surface area contributed by atoms with E-state index in [1.165, 1.54) is 0 Å². The number of anilines is 1. The monoisotopic (exact) mass is 376 g/mol. The Morgan fingerprint density at radius 1 is 1.18 bits per heavy atom. The molecule has 1 amide bonds. The number of para-hydroxylation sites is 1. The number of amides is 1. The Morgan fingerprint density at radius 3 is 2.68 bits per heavy atom. The summed E-state index contributed by atoms with van der Waals surface area (Å²) in [5.41, 5.74) is 0.613. The number of hydrogen-bond acceptors (Lipinski definition) is 5. The first kappa shape index (κ1) is 19.2. The van der Waals surface area contributed by atoms with Crippen molar-refractivity contribution in [2.75, 3.05) is 11.9 Å². The molecule has 1 N–H and O–H groups in total. The molecule has 2 aromatic carbocycles. The fraction of sp³-hybridized carbons (Fsp3) is 0.227. The van der Waals surface area contributed by atoms with Gasteiger partial charge in [0.1, 0.15) is 11.8 Å². The van der Waals surface area contributed by atoms with Gasteiger partial charge in [-0.3, -0.25) is 9.59 Å². The molecule has 6 nitrogen and oxygen atoms in total. The Morgan fingerprint density at radius 2 is 1.96 bits per heavy atom. The van der Waals surface area contributed by atoms with Crippen LogP contribution in [0.3, 0.4) is 0 Å². The van der Waals surface area contributed by atoms with Crippen molar-refractivity contribution < 1.29 is 13.9 Å². The Kier molecular flexibility index (Phi) is 6.07. The molecule has 1 heterocycles. The van der Waals surface area contributed by atoms with E-state index in [2.05, 4.69) is 12.2 Å². The van der Waals surface area contributed by atoms with Crippen LogP contribution in [0.4, 0.5) is 5.69 Å². The van der Waals surface area contributed by atoms with Gasteiger partial charge in [0.25, 0.3) is 5.91 Å². The van der Waals surface area contributed by atoms with Gasteiger partial charge in [-0.25, -0.2) is 0 Å². The van der Waals surface area contributed by atoms with Crippen molar-refractivity contribution in [1.29, 1.82) is 5.26 Å². The first-order valence-electron chi connectivity index (χ1n) is 9.13. The van der Waals surface area contributed by atoms with Gasteiger partial charge in [-0.1, -0.05) is 25.8 Å². The fourth-order valence-electron chi connectivity index (χ4n) is 2.77. The van der Waals surface area contributed by atoms with E-state index in [0.29, 0.717) is 29.0 Å². The minimum Gasteiger partial charge on any atom is -0.494 e. The number of ether oxygens (including phenoxy) is 1.